The third-order valence-corrected chi connectivity index (χ3v) is 6.16. The Bertz CT molecular complexity index is 1070. The van der Waals surface area contributed by atoms with E-state index in [1.807, 2.05) is 57.2 Å². The number of carbonyl (C=O) groups is 2. The maximum absolute atomic E-state index is 13.2. The highest BCUT2D eigenvalue weighted by Gasteiger charge is 2.34. The predicted molar refractivity (Wildman–Crippen MR) is 117 cm³/mol. The maximum atomic E-state index is 13.2. The van der Waals surface area contributed by atoms with Crippen molar-refractivity contribution in [3.8, 4) is 0 Å². The summed E-state index contributed by atoms with van der Waals surface area (Å²) >= 11 is 1.46. The third-order valence-electron chi connectivity index (χ3n) is 5.23. The quantitative estimate of drug-likeness (QED) is 0.690. The van der Waals surface area contributed by atoms with E-state index in [1.54, 1.807) is 4.90 Å². The highest BCUT2D eigenvalue weighted by atomic mass is 32.1. The molecule has 0 radical (unpaired) electrons. The van der Waals surface area contributed by atoms with Crippen LogP contribution >= 0.6 is 11.3 Å². The highest BCUT2D eigenvalue weighted by molar-refractivity contribution is 7.22. The van der Waals surface area contributed by atoms with E-state index in [1.165, 1.54) is 11.3 Å². The first-order chi connectivity index (χ1) is 13.9. The molecule has 150 valence electrons. The normalized spacial score (nSPS) is 16.1. The van der Waals surface area contributed by atoms with Gasteiger partial charge in [-0.3, -0.25) is 9.59 Å². The van der Waals surface area contributed by atoms with E-state index >= 15 is 0 Å². The summed E-state index contributed by atoms with van der Waals surface area (Å²) in [7, 11) is 0. The smallest absolute Gasteiger partial charge is 0.249 e. The van der Waals surface area contributed by atoms with Crippen molar-refractivity contribution in [2.75, 3.05) is 5.32 Å². The van der Waals surface area contributed by atoms with Crippen molar-refractivity contribution >= 4 is 38.5 Å². The molecule has 1 N–H and O–H groups in total. The number of benzene rings is 2. The fourth-order valence-corrected chi connectivity index (χ4v) is 4.73. The van der Waals surface area contributed by atoms with Gasteiger partial charge >= 0.3 is 0 Å². The first kappa shape index (κ1) is 19.6. The van der Waals surface area contributed by atoms with Crippen LogP contribution in [-0.2, 0) is 22.6 Å². The Balaban J connectivity index is 1.60. The minimum atomic E-state index is -0.523. The maximum Gasteiger partial charge on any atom is 0.249 e. The van der Waals surface area contributed by atoms with Gasteiger partial charge in [-0.05, 0) is 41.7 Å². The van der Waals surface area contributed by atoms with Gasteiger partial charge in [-0.2, -0.15) is 0 Å². The number of hydrogen-bond donors (Lipinski definition) is 1. The Morgan fingerprint density at radius 2 is 1.97 bits per heavy atom. The minimum absolute atomic E-state index is 0.0228. The minimum Gasteiger partial charge on any atom is -0.326 e. The first-order valence-electron chi connectivity index (χ1n) is 9.95. The summed E-state index contributed by atoms with van der Waals surface area (Å²) in [5.74, 6) is 0.0952. The Labute approximate surface area is 174 Å². The number of aromatic nitrogens is 1. The van der Waals surface area contributed by atoms with Crippen molar-refractivity contribution in [1.29, 1.82) is 0 Å². The number of fused-ring (bicyclic) bond motifs is 2. The monoisotopic (exact) mass is 407 g/mol. The molecule has 0 fully saturated rings. The van der Waals surface area contributed by atoms with Crippen LogP contribution in [0.25, 0.3) is 10.2 Å². The molecule has 0 spiro atoms. The second-order valence-corrected chi connectivity index (χ2v) is 9.12. The predicted octanol–water partition coefficient (Wildman–Crippen LogP) is 4.54. The molecule has 2 aromatic carbocycles. The number of nitrogens with one attached hydrogen (secondary N) is 1. The molecule has 1 aliphatic heterocycles. The fourth-order valence-electron chi connectivity index (χ4n) is 3.76. The van der Waals surface area contributed by atoms with Crippen molar-refractivity contribution in [2.45, 2.75) is 46.2 Å². The fraction of sp³-hybridized carbons (Fsp3) is 0.348. The molecule has 2 amide bonds. The lowest BCUT2D eigenvalue weighted by Crippen LogP contribution is -2.50. The van der Waals surface area contributed by atoms with E-state index < -0.39 is 6.04 Å². The van der Waals surface area contributed by atoms with Crippen LogP contribution in [0.3, 0.4) is 0 Å². The van der Waals surface area contributed by atoms with Gasteiger partial charge in [-0.25, -0.2) is 4.98 Å². The average Bonchev–Trinajstić information content (AvgIpc) is 3.07. The molecule has 0 saturated heterocycles. The van der Waals surface area contributed by atoms with Crippen molar-refractivity contribution in [3.63, 3.8) is 0 Å². The number of aryl methyl sites for hydroxylation is 1. The van der Waals surface area contributed by atoms with E-state index in [-0.39, 0.29) is 17.7 Å². The van der Waals surface area contributed by atoms with Crippen LogP contribution in [0, 0.1) is 12.8 Å². The zero-order valence-corrected chi connectivity index (χ0v) is 17.8. The van der Waals surface area contributed by atoms with Crippen LogP contribution in [0.15, 0.2) is 42.5 Å². The molecule has 0 saturated carbocycles. The lowest BCUT2D eigenvalue weighted by Gasteiger charge is -2.36. The lowest BCUT2D eigenvalue weighted by atomic mass is 9.92. The molecule has 0 bridgehead atoms. The summed E-state index contributed by atoms with van der Waals surface area (Å²) in [5, 5.41) is 3.54. The Kier molecular flexibility index (Phi) is 5.37. The van der Waals surface area contributed by atoms with Crippen LogP contribution in [-0.4, -0.2) is 27.7 Å². The van der Waals surface area contributed by atoms with E-state index in [9.17, 15) is 9.59 Å². The number of thiazole rings is 1. The van der Waals surface area contributed by atoms with Gasteiger partial charge in [0.05, 0.1) is 10.2 Å². The molecule has 0 aliphatic carbocycles. The second kappa shape index (κ2) is 7.95. The molecular weight excluding hydrogens is 382 g/mol. The van der Waals surface area contributed by atoms with Crippen LogP contribution in [0.2, 0.25) is 0 Å². The van der Waals surface area contributed by atoms with E-state index in [2.05, 4.69) is 16.4 Å². The molecule has 1 aromatic heterocycles. The summed E-state index contributed by atoms with van der Waals surface area (Å²) < 4.78 is 1.04. The molecule has 6 heteroatoms. The van der Waals surface area contributed by atoms with Crippen LogP contribution in [0.4, 0.5) is 5.13 Å². The van der Waals surface area contributed by atoms with Crippen molar-refractivity contribution in [2.24, 2.45) is 5.92 Å². The molecule has 1 unspecified atom stereocenters. The summed E-state index contributed by atoms with van der Waals surface area (Å²) in [6.45, 7) is 6.55. The second-order valence-electron chi connectivity index (χ2n) is 8.09. The Morgan fingerprint density at radius 3 is 2.72 bits per heavy atom. The molecule has 1 aliphatic rings. The molecule has 2 heterocycles. The molecule has 3 aromatic rings. The number of rotatable bonds is 4. The van der Waals surface area contributed by atoms with Crippen LogP contribution in [0.1, 0.15) is 37.0 Å². The van der Waals surface area contributed by atoms with Crippen molar-refractivity contribution in [3.05, 3.63) is 59.2 Å². The Hall–Kier alpha value is -2.73. The van der Waals surface area contributed by atoms with Crippen LogP contribution in [0.5, 0.6) is 0 Å². The summed E-state index contributed by atoms with van der Waals surface area (Å²) in [5.41, 5.74) is 4.27. The van der Waals surface area contributed by atoms with Gasteiger partial charge in [0.15, 0.2) is 5.13 Å². The zero-order chi connectivity index (χ0) is 20.5. The summed E-state index contributed by atoms with van der Waals surface area (Å²) in [4.78, 5) is 32.3. The number of hydrogen-bond acceptors (Lipinski definition) is 4. The summed E-state index contributed by atoms with van der Waals surface area (Å²) in [6.07, 6.45) is 0.961. The van der Waals surface area contributed by atoms with Crippen LogP contribution < -0.4 is 5.32 Å². The standard InChI is InChI=1S/C23H25N3O2S/c1-14(2)10-21(27)26-13-17-7-5-4-6-16(17)12-19(26)22(28)25-23-24-18-9-8-15(3)11-20(18)29-23/h4-9,11,14,19H,10,12-13H2,1-3H3,(H,24,25,28). The van der Waals surface area contributed by atoms with Gasteiger partial charge in [-0.1, -0.05) is 55.5 Å². The van der Waals surface area contributed by atoms with Gasteiger partial charge in [0, 0.05) is 19.4 Å². The van der Waals surface area contributed by atoms with Gasteiger partial charge in [0.25, 0.3) is 0 Å². The number of anilines is 1. The molecule has 1 atom stereocenters. The van der Waals surface area contributed by atoms with Crippen molar-refractivity contribution < 1.29 is 9.59 Å². The van der Waals surface area contributed by atoms with Gasteiger partial charge in [0.2, 0.25) is 11.8 Å². The van der Waals surface area contributed by atoms with Gasteiger partial charge in [-0.15, -0.1) is 0 Å². The topological polar surface area (TPSA) is 62.3 Å². The SMILES string of the molecule is Cc1ccc2nc(NC(=O)C3Cc4ccccc4CN3C(=O)CC(C)C)sc2c1. The zero-order valence-electron chi connectivity index (χ0n) is 16.9. The van der Waals surface area contributed by atoms with E-state index in [4.69, 9.17) is 0 Å². The van der Waals surface area contributed by atoms with Gasteiger partial charge < -0.3 is 10.2 Å². The molecule has 4 rings (SSSR count). The first-order valence-corrected chi connectivity index (χ1v) is 10.8. The largest absolute Gasteiger partial charge is 0.326 e. The molecule has 5 nitrogen and oxygen atoms in total. The van der Waals surface area contributed by atoms with Gasteiger partial charge in [0.1, 0.15) is 6.04 Å². The third kappa shape index (κ3) is 4.17. The van der Waals surface area contributed by atoms with E-state index in [0.29, 0.717) is 24.5 Å². The van der Waals surface area contributed by atoms with Crippen molar-refractivity contribution in [1.82, 2.24) is 9.88 Å². The number of amides is 2. The average molecular weight is 408 g/mol. The summed E-state index contributed by atoms with van der Waals surface area (Å²) in [6, 6.07) is 13.6. The Morgan fingerprint density at radius 1 is 1.21 bits per heavy atom. The number of carbonyl (C=O) groups excluding carboxylic acids is 2. The molecule has 29 heavy (non-hydrogen) atoms. The highest BCUT2D eigenvalue weighted by Crippen LogP contribution is 2.29. The number of nitrogens with zero attached hydrogens (tertiary/aromatic N) is 2. The lowest BCUT2D eigenvalue weighted by molar-refractivity contribution is -0.140. The van der Waals surface area contributed by atoms with E-state index in [0.717, 1.165) is 26.9 Å². The molecular formula is C23H25N3O2S.